The second-order valence-corrected chi connectivity index (χ2v) is 9.72. The van der Waals surface area contributed by atoms with Crippen molar-refractivity contribution in [3.63, 3.8) is 0 Å². The average molecular weight is 542 g/mol. The molecule has 1 aliphatic heterocycles. The van der Waals surface area contributed by atoms with Crippen LogP contribution in [0, 0.1) is 30.3 Å². The number of hydrogen-bond donors (Lipinski definition) is 1. The Balaban J connectivity index is 0.00000294. The summed E-state index contributed by atoms with van der Waals surface area (Å²) in [5, 5.41) is 13.2. The fourth-order valence-electron chi connectivity index (χ4n) is 5.20. The van der Waals surface area contributed by atoms with Gasteiger partial charge in [0.25, 0.3) is 5.89 Å². The van der Waals surface area contributed by atoms with E-state index in [0.717, 1.165) is 36.3 Å². The van der Waals surface area contributed by atoms with Gasteiger partial charge >= 0.3 is 5.97 Å². The number of aryl methyl sites for hydroxylation is 1. The van der Waals surface area contributed by atoms with Crippen LogP contribution >= 0.6 is 12.4 Å². The largest absolute Gasteiger partial charge is 0.481 e. The lowest BCUT2D eigenvalue weighted by atomic mass is 9.79. The first kappa shape index (κ1) is 25.9. The van der Waals surface area contributed by atoms with Crippen LogP contribution in [-0.2, 0) is 17.9 Å². The van der Waals surface area contributed by atoms with E-state index in [4.69, 9.17) is 9.63 Å². The van der Waals surface area contributed by atoms with Crippen LogP contribution in [-0.4, -0.2) is 32.2 Å². The predicted octanol–water partition coefficient (Wildman–Crippen LogP) is 6.40. The molecule has 0 unspecified atom stereocenters. The highest BCUT2D eigenvalue weighted by atomic mass is 35.5. The number of nitrogens with zero attached hydrogens (tertiary/aromatic N) is 3. The van der Waals surface area contributed by atoms with Crippen LogP contribution in [0.2, 0.25) is 0 Å². The van der Waals surface area contributed by atoms with E-state index in [1.54, 1.807) is 6.92 Å². The number of aromatic nitrogens is 2. The van der Waals surface area contributed by atoms with Crippen LogP contribution < -0.4 is 0 Å². The molecular formula is C28H23ClF3N3O3. The van der Waals surface area contributed by atoms with Gasteiger partial charge in [0.15, 0.2) is 11.6 Å². The van der Waals surface area contributed by atoms with Crippen molar-refractivity contribution in [1.82, 2.24) is 15.0 Å². The molecule has 10 heteroatoms. The summed E-state index contributed by atoms with van der Waals surface area (Å²) in [6.07, 6.45) is 1.33. The standard InChI is InChI=1S/C28H22F3N3O3.ClH/c1-14-7-22(24(30)11-21(14)20-3-2-4-23(29)25(20)31)27-32-26(33-37-27)15-5-6-16-12-34(13-18(16)8-15)19-9-17(10-19)28(35)36;/h2-8,11,17,19H,9-10,12-13H2,1H3,(H,35,36);1H. The number of carboxylic acid groups (broad SMARTS) is 1. The monoisotopic (exact) mass is 541 g/mol. The molecule has 0 radical (unpaired) electrons. The summed E-state index contributed by atoms with van der Waals surface area (Å²) in [6, 6.07) is 12.5. The van der Waals surface area contributed by atoms with E-state index < -0.39 is 23.4 Å². The van der Waals surface area contributed by atoms with Gasteiger partial charge in [-0.25, -0.2) is 13.2 Å². The molecule has 0 amide bonds. The highest BCUT2D eigenvalue weighted by molar-refractivity contribution is 5.85. The number of benzene rings is 3. The second-order valence-electron chi connectivity index (χ2n) is 9.72. The van der Waals surface area contributed by atoms with Gasteiger partial charge in [0.2, 0.25) is 5.82 Å². The third kappa shape index (κ3) is 4.46. The lowest BCUT2D eigenvalue weighted by Gasteiger charge is -2.39. The molecule has 196 valence electrons. The Morgan fingerprint density at radius 3 is 2.50 bits per heavy atom. The van der Waals surface area contributed by atoms with E-state index in [0.29, 0.717) is 24.2 Å². The number of fused-ring (bicyclic) bond motifs is 1. The zero-order valence-corrected chi connectivity index (χ0v) is 21.1. The van der Waals surface area contributed by atoms with Crippen molar-refractivity contribution in [1.29, 1.82) is 0 Å². The number of aliphatic carboxylic acids is 1. The third-order valence-electron chi connectivity index (χ3n) is 7.40. The molecule has 38 heavy (non-hydrogen) atoms. The number of halogens is 4. The van der Waals surface area contributed by atoms with Gasteiger partial charge in [-0.3, -0.25) is 9.69 Å². The third-order valence-corrected chi connectivity index (χ3v) is 7.40. The minimum absolute atomic E-state index is 0. The molecular weight excluding hydrogens is 519 g/mol. The number of rotatable bonds is 5. The van der Waals surface area contributed by atoms with Gasteiger partial charge in [-0.15, -0.1) is 12.4 Å². The van der Waals surface area contributed by atoms with Crippen LogP contribution in [0.15, 0.2) is 53.1 Å². The molecule has 1 fully saturated rings. The second kappa shape index (κ2) is 9.89. The van der Waals surface area contributed by atoms with Crippen molar-refractivity contribution in [3.05, 3.63) is 82.7 Å². The first-order valence-corrected chi connectivity index (χ1v) is 12.0. The Labute approximate surface area is 222 Å². The van der Waals surface area contributed by atoms with Gasteiger partial charge in [-0.05, 0) is 66.3 Å². The lowest BCUT2D eigenvalue weighted by molar-refractivity contribution is -0.147. The average Bonchev–Trinajstić information content (AvgIpc) is 3.48. The first-order valence-electron chi connectivity index (χ1n) is 12.0. The minimum atomic E-state index is -1.04. The summed E-state index contributed by atoms with van der Waals surface area (Å²) in [7, 11) is 0. The topological polar surface area (TPSA) is 79.5 Å². The molecule has 1 N–H and O–H groups in total. The van der Waals surface area contributed by atoms with Gasteiger partial charge in [-0.1, -0.05) is 29.4 Å². The van der Waals surface area contributed by atoms with Crippen LogP contribution in [0.4, 0.5) is 13.2 Å². The van der Waals surface area contributed by atoms with Crippen LogP contribution in [0.5, 0.6) is 0 Å². The smallest absolute Gasteiger partial charge is 0.306 e. The molecule has 0 atom stereocenters. The zero-order chi connectivity index (χ0) is 25.8. The Hall–Kier alpha value is -3.69. The van der Waals surface area contributed by atoms with Gasteiger partial charge < -0.3 is 9.63 Å². The maximum Gasteiger partial charge on any atom is 0.306 e. The van der Waals surface area contributed by atoms with Gasteiger partial charge in [0.05, 0.1) is 11.5 Å². The molecule has 0 spiro atoms. The fraction of sp³-hybridized carbons (Fsp3) is 0.250. The summed E-state index contributed by atoms with van der Waals surface area (Å²) in [5.41, 5.74) is 3.83. The highest BCUT2D eigenvalue weighted by Gasteiger charge is 2.39. The van der Waals surface area contributed by atoms with Crippen molar-refractivity contribution in [3.8, 4) is 34.0 Å². The van der Waals surface area contributed by atoms with Crippen molar-refractivity contribution < 1.29 is 27.6 Å². The van der Waals surface area contributed by atoms with E-state index in [2.05, 4.69) is 15.0 Å². The molecule has 4 aromatic rings. The predicted molar refractivity (Wildman–Crippen MR) is 136 cm³/mol. The molecule has 2 aliphatic rings. The van der Waals surface area contributed by atoms with Crippen LogP contribution in [0.1, 0.15) is 29.5 Å². The minimum Gasteiger partial charge on any atom is -0.481 e. The molecule has 3 aromatic carbocycles. The maximum absolute atomic E-state index is 15.1. The normalized spacial score (nSPS) is 18.5. The Kier molecular flexibility index (Phi) is 6.75. The number of carbonyl (C=O) groups is 1. The summed E-state index contributed by atoms with van der Waals surface area (Å²) < 4.78 is 48.4. The zero-order valence-electron chi connectivity index (χ0n) is 20.2. The summed E-state index contributed by atoms with van der Waals surface area (Å²) in [6.45, 7) is 3.16. The fourth-order valence-corrected chi connectivity index (χ4v) is 5.20. The molecule has 6 nitrogen and oxygen atoms in total. The van der Waals surface area contributed by atoms with E-state index in [1.807, 2.05) is 18.2 Å². The summed E-state index contributed by atoms with van der Waals surface area (Å²) >= 11 is 0. The molecule has 1 aromatic heterocycles. The highest BCUT2D eigenvalue weighted by Crippen LogP contribution is 2.38. The Bertz CT molecular complexity index is 1550. The molecule has 0 saturated heterocycles. The van der Waals surface area contributed by atoms with Gasteiger partial charge in [0, 0.05) is 30.3 Å². The summed E-state index contributed by atoms with van der Waals surface area (Å²) in [4.78, 5) is 17.8. The number of hydrogen-bond acceptors (Lipinski definition) is 5. The molecule has 1 saturated carbocycles. The van der Waals surface area contributed by atoms with Crippen LogP contribution in [0.3, 0.4) is 0 Å². The van der Waals surface area contributed by atoms with Crippen molar-refractivity contribution in [2.75, 3.05) is 0 Å². The van der Waals surface area contributed by atoms with Crippen molar-refractivity contribution in [2.45, 2.75) is 38.9 Å². The summed E-state index contributed by atoms with van der Waals surface area (Å²) in [5.74, 6) is -3.42. The van der Waals surface area contributed by atoms with Crippen molar-refractivity contribution >= 4 is 18.4 Å². The SMILES string of the molecule is Cc1cc(-c2nc(-c3ccc4c(c3)CN(C3CC(C(=O)O)C3)C4)no2)c(F)cc1-c1cccc(F)c1F.Cl. The van der Waals surface area contributed by atoms with E-state index in [-0.39, 0.29) is 46.9 Å². The quantitative estimate of drug-likeness (QED) is 0.315. The molecule has 1 aliphatic carbocycles. The molecule has 2 heterocycles. The van der Waals surface area contributed by atoms with Crippen molar-refractivity contribution in [2.24, 2.45) is 5.92 Å². The van der Waals surface area contributed by atoms with Gasteiger partial charge in [-0.2, -0.15) is 4.98 Å². The Morgan fingerprint density at radius 1 is 0.974 bits per heavy atom. The van der Waals surface area contributed by atoms with Gasteiger partial charge in [0.1, 0.15) is 5.82 Å². The number of carboxylic acids is 1. The Morgan fingerprint density at radius 2 is 1.74 bits per heavy atom. The molecule has 0 bridgehead atoms. The molecule has 6 rings (SSSR count). The first-order chi connectivity index (χ1) is 17.8. The van der Waals surface area contributed by atoms with E-state index in [1.165, 1.54) is 23.8 Å². The van der Waals surface area contributed by atoms with Crippen LogP contribution in [0.25, 0.3) is 34.0 Å². The van der Waals surface area contributed by atoms with E-state index >= 15 is 4.39 Å². The lowest BCUT2D eigenvalue weighted by Crippen LogP contribution is -2.44. The van der Waals surface area contributed by atoms with E-state index in [9.17, 15) is 13.6 Å². The maximum atomic E-state index is 15.1.